The van der Waals surface area contributed by atoms with Gasteiger partial charge in [-0.25, -0.2) is 9.78 Å². The quantitative estimate of drug-likeness (QED) is 0.0844. The summed E-state index contributed by atoms with van der Waals surface area (Å²) in [5, 5.41) is 4.32. The minimum atomic E-state index is -1.18. The zero-order valence-electron chi connectivity index (χ0n) is 35.2. The largest absolute Gasteiger partial charge is 0.444 e. The van der Waals surface area contributed by atoms with Crippen molar-refractivity contribution < 1.29 is 19.0 Å². The van der Waals surface area contributed by atoms with Crippen LogP contribution < -0.4 is 21.3 Å². The molecular weight excluding hydrogens is 916 g/mol. The number of fused-ring (bicyclic) bond motifs is 4. The monoisotopic (exact) mass is 972 g/mol. The minimum absolute atomic E-state index is 0.0483. The highest BCUT2D eigenvalue weighted by atomic mass is 79.9. The number of piperidine rings is 1. The van der Waals surface area contributed by atoms with E-state index in [1.165, 1.54) is 4.57 Å². The summed E-state index contributed by atoms with van der Waals surface area (Å²) in [5.41, 5.74) is 0.418. The van der Waals surface area contributed by atoms with E-state index < -0.39 is 21.7 Å². The Hall–Kier alpha value is -2.49. The molecule has 2 saturated heterocycles. The second kappa shape index (κ2) is 18.0. The average Bonchev–Trinajstić information content (AvgIpc) is 3.66. The first kappa shape index (κ1) is 45.6. The topological polar surface area (TPSA) is 140 Å². The van der Waals surface area contributed by atoms with Crippen LogP contribution in [0, 0.1) is 0 Å². The molecule has 14 nitrogen and oxygen atoms in total. The number of ether oxygens (including phenoxy) is 3. The van der Waals surface area contributed by atoms with E-state index in [0.29, 0.717) is 59.2 Å². The van der Waals surface area contributed by atoms with Crippen molar-refractivity contribution in [2.24, 2.45) is 14.1 Å². The number of carbonyl (C=O) groups excluding carboxylic acids is 1. The van der Waals surface area contributed by atoms with E-state index in [0.717, 1.165) is 42.2 Å². The Morgan fingerprint density at radius 2 is 1.28 bits per heavy atom. The van der Waals surface area contributed by atoms with E-state index in [9.17, 15) is 14.4 Å². The molecule has 1 amide bonds. The molecule has 2 bridgehead atoms. The van der Waals surface area contributed by atoms with Gasteiger partial charge in [-0.1, -0.05) is 39.3 Å². The van der Waals surface area contributed by atoms with E-state index >= 15 is 0 Å². The molecule has 1 N–H and O–H groups in total. The van der Waals surface area contributed by atoms with E-state index in [1.807, 2.05) is 37.7 Å². The van der Waals surface area contributed by atoms with E-state index in [2.05, 4.69) is 86.3 Å². The molecule has 0 radical (unpaired) electrons. The Labute approximate surface area is 358 Å². The second-order valence-corrected chi connectivity index (χ2v) is 31.9. The molecule has 57 heavy (non-hydrogen) atoms. The van der Waals surface area contributed by atoms with Crippen LogP contribution in [0.3, 0.4) is 0 Å². The number of rotatable bonds is 12. The first-order valence-corrected chi connectivity index (χ1v) is 28.9. The van der Waals surface area contributed by atoms with Gasteiger partial charge in [0.1, 0.15) is 19.1 Å². The molecule has 0 saturated carbocycles. The van der Waals surface area contributed by atoms with Gasteiger partial charge in [-0.3, -0.25) is 18.7 Å². The lowest BCUT2D eigenvalue weighted by atomic mass is 9.98. The molecule has 316 valence electrons. The molecule has 2 aliphatic heterocycles. The number of hydrogen-bond donors (Lipinski definition) is 1. The van der Waals surface area contributed by atoms with E-state index in [-0.39, 0.29) is 40.6 Å². The summed E-state index contributed by atoms with van der Waals surface area (Å²) in [6, 6.07) is 2.65. The van der Waals surface area contributed by atoms with Gasteiger partial charge in [0.15, 0.2) is 11.3 Å². The van der Waals surface area contributed by atoms with Crippen molar-refractivity contribution in [3.63, 3.8) is 0 Å². The van der Waals surface area contributed by atoms with Crippen LogP contribution in [0.4, 0.5) is 10.7 Å². The third kappa shape index (κ3) is 11.4. The summed E-state index contributed by atoms with van der Waals surface area (Å²) in [6.45, 7) is 21.7. The van der Waals surface area contributed by atoms with Crippen LogP contribution in [-0.4, -0.2) is 87.4 Å². The number of carbonyl (C=O) groups is 1. The Balaban J connectivity index is 0.000000251. The number of nitrogens with one attached hydrogen (secondary N) is 1. The number of amides is 1. The number of hydrogen-bond acceptors (Lipinski definition) is 9. The molecule has 0 aliphatic carbocycles. The maximum atomic E-state index is 13.4. The maximum Gasteiger partial charge on any atom is 0.407 e. The second-order valence-electron chi connectivity index (χ2n) is 18.6. The van der Waals surface area contributed by atoms with Crippen LogP contribution in [0.25, 0.3) is 22.1 Å². The predicted molar refractivity (Wildman–Crippen MR) is 240 cm³/mol. The Morgan fingerprint density at radius 1 is 0.825 bits per heavy atom. The Kier molecular flexibility index (Phi) is 14.4. The zero-order valence-corrected chi connectivity index (χ0v) is 41.1. The highest BCUT2D eigenvalue weighted by Crippen LogP contribution is 2.39. The highest BCUT2D eigenvalue weighted by molar-refractivity contribution is 9.11. The molecule has 19 heteroatoms. The molecule has 2 aliphatic rings. The molecule has 0 aromatic carbocycles. The van der Waals surface area contributed by atoms with Gasteiger partial charge in [-0.05, 0) is 102 Å². The van der Waals surface area contributed by atoms with Crippen molar-refractivity contribution in [2.45, 2.75) is 135 Å². The van der Waals surface area contributed by atoms with E-state index in [1.54, 1.807) is 23.2 Å². The normalized spacial score (nSPS) is 18.6. The lowest BCUT2D eigenvalue weighted by Crippen LogP contribution is -2.52. The summed E-state index contributed by atoms with van der Waals surface area (Å²) in [5.74, 6) is 0.685. The molecule has 3 atom stereocenters. The van der Waals surface area contributed by atoms with Gasteiger partial charge in [0.25, 0.3) is 11.1 Å². The summed E-state index contributed by atoms with van der Waals surface area (Å²) in [4.78, 5) is 49.5. The Morgan fingerprint density at radius 3 is 1.74 bits per heavy atom. The zero-order chi connectivity index (χ0) is 42.2. The summed E-state index contributed by atoms with van der Waals surface area (Å²) < 4.78 is 25.3. The molecular formula is C38H59Br2ClN8O6Si2. The fourth-order valence-corrected chi connectivity index (χ4v) is 9.97. The first-order chi connectivity index (χ1) is 26.4. The van der Waals surface area contributed by atoms with Crippen LogP contribution in [0.1, 0.15) is 46.5 Å². The predicted octanol–water partition coefficient (Wildman–Crippen LogP) is 8.30. The first-order valence-electron chi connectivity index (χ1n) is 19.5. The molecule has 1 unspecified atom stereocenters. The fourth-order valence-electron chi connectivity index (χ4n) is 7.11. The lowest BCUT2D eigenvalue weighted by Gasteiger charge is -2.40. The van der Waals surface area contributed by atoms with Crippen LogP contribution >= 0.6 is 43.5 Å². The van der Waals surface area contributed by atoms with Gasteiger partial charge in [0, 0.05) is 74.0 Å². The van der Waals surface area contributed by atoms with Gasteiger partial charge in [-0.15, -0.1) is 0 Å². The molecule has 0 spiro atoms. The average molecular weight is 975 g/mol. The van der Waals surface area contributed by atoms with Crippen molar-refractivity contribution in [2.75, 3.05) is 18.1 Å². The summed E-state index contributed by atoms with van der Waals surface area (Å²) >= 11 is 12.9. The minimum Gasteiger partial charge on any atom is -0.444 e. The van der Waals surface area contributed by atoms with Gasteiger partial charge < -0.3 is 33.6 Å². The molecule has 6 rings (SSSR count). The highest BCUT2D eigenvalue weighted by Gasteiger charge is 2.43. The van der Waals surface area contributed by atoms with Gasteiger partial charge in [0.05, 0.1) is 19.7 Å². The van der Waals surface area contributed by atoms with Crippen molar-refractivity contribution in [1.82, 2.24) is 33.6 Å². The van der Waals surface area contributed by atoms with Crippen molar-refractivity contribution in [3.05, 3.63) is 47.3 Å². The summed E-state index contributed by atoms with van der Waals surface area (Å²) in [7, 11) is 1.11. The fraction of sp³-hybridized carbons (Fsp3) is 0.658. The number of aromatic nitrogens is 6. The third-order valence-electron chi connectivity index (χ3n) is 10.2. The van der Waals surface area contributed by atoms with E-state index in [4.69, 9.17) is 30.8 Å². The number of alkyl carbamates (subject to hydrolysis) is 1. The number of nitrogens with zero attached hydrogens (tertiary/aromatic N) is 7. The number of halogens is 3. The van der Waals surface area contributed by atoms with Crippen LogP contribution in [-0.2, 0) is 41.8 Å². The molecule has 6 heterocycles. The lowest BCUT2D eigenvalue weighted by molar-refractivity contribution is 0.0492. The van der Waals surface area contributed by atoms with Crippen LogP contribution in [0.2, 0.25) is 56.7 Å². The maximum absolute atomic E-state index is 13.4. The SMILES string of the molecule is Cn1c(Cl)nc2c(c(Br)cn2COCC[Si](C)(C)C)c1=O.Cn1c(N2[C@@H]3CC[C@H]2CC(NC(=O)OC(C)(C)C)C3)nc2c(c(Br)cn2COCC[Si](C)(C)C)c1=O. The van der Waals surface area contributed by atoms with Crippen molar-refractivity contribution in [1.29, 1.82) is 0 Å². The van der Waals surface area contributed by atoms with Crippen LogP contribution in [0.15, 0.2) is 30.9 Å². The van der Waals surface area contributed by atoms with Crippen LogP contribution in [0.5, 0.6) is 0 Å². The standard InChI is InChI=1S/C25H40BrN5O4Si.C13H19BrClN3O2Si/c1-25(2,3)35-24(33)27-16-12-17-8-9-18(13-16)31(17)23-28-21-20(22(32)29(23)4)19(26)14-30(21)15-34-10-11-36(5,6)7;1-17-12(19)10-9(14)7-18(11(10)16-13(17)15)8-20-5-6-21(2,3)4/h14,16-18H,8-13,15H2,1-7H3,(H,27,33);7H,5-6,8H2,1-4H3/t16?,17-,18+;. The van der Waals surface area contributed by atoms with Crippen molar-refractivity contribution in [3.8, 4) is 0 Å². The van der Waals surface area contributed by atoms with Gasteiger partial charge in [-0.2, -0.15) is 4.98 Å². The van der Waals surface area contributed by atoms with Gasteiger partial charge in [0.2, 0.25) is 11.2 Å². The van der Waals surface area contributed by atoms with Crippen molar-refractivity contribution >= 4 is 93.7 Å². The van der Waals surface area contributed by atoms with Gasteiger partial charge >= 0.3 is 6.09 Å². The Bertz CT molecular complexity index is 2190. The molecule has 4 aromatic rings. The third-order valence-corrected chi connectivity index (χ3v) is 15.1. The molecule has 2 fully saturated rings. The molecule has 4 aromatic heterocycles. The number of anilines is 1. The summed E-state index contributed by atoms with van der Waals surface area (Å²) in [6.07, 6.45) is 6.95. The smallest absolute Gasteiger partial charge is 0.407 e.